The van der Waals surface area contributed by atoms with Crippen molar-refractivity contribution in [2.75, 3.05) is 13.2 Å². The second-order valence-electron chi connectivity index (χ2n) is 8.85. The number of likely N-dealkylation sites (tertiary alicyclic amines) is 1. The van der Waals surface area contributed by atoms with Crippen molar-refractivity contribution in [1.29, 1.82) is 0 Å². The van der Waals surface area contributed by atoms with Crippen molar-refractivity contribution in [3.05, 3.63) is 108 Å². The molecule has 6 heteroatoms. The van der Waals surface area contributed by atoms with Crippen LogP contribution < -0.4 is 0 Å². The van der Waals surface area contributed by atoms with Crippen molar-refractivity contribution < 1.29 is 19.1 Å². The SMILES string of the molecule is CCOC(=O)C1(C(=O)N(Cc2ccccc2)Cc2ccccc2)CC(=O)N(Cc2ccccc2)C1. The summed E-state index contributed by atoms with van der Waals surface area (Å²) in [4.78, 5) is 43.8. The molecule has 3 aromatic rings. The second-order valence-corrected chi connectivity index (χ2v) is 8.85. The van der Waals surface area contributed by atoms with Crippen molar-refractivity contribution in [3.8, 4) is 0 Å². The fraction of sp³-hybridized carbons (Fsp3) is 0.276. The number of hydrogen-bond acceptors (Lipinski definition) is 4. The number of amides is 2. The zero-order valence-corrected chi connectivity index (χ0v) is 19.9. The van der Waals surface area contributed by atoms with Gasteiger partial charge in [-0.15, -0.1) is 0 Å². The van der Waals surface area contributed by atoms with E-state index in [0.29, 0.717) is 19.6 Å². The first-order valence-corrected chi connectivity index (χ1v) is 11.9. The molecule has 4 rings (SSSR count). The van der Waals surface area contributed by atoms with E-state index in [0.717, 1.165) is 16.7 Å². The summed E-state index contributed by atoms with van der Waals surface area (Å²) in [6, 6.07) is 28.9. The highest BCUT2D eigenvalue weighted by Crippen LogP contribution is 2.37. The van der Waals surface area contributed by atoms with Gasteiger partial charge in [0.05, 0.1) is 13.0 Å². The molecule has 1 saturated heterocycles. The van der Waals surface area contributed by atoms with E-state index < -0.39 is 11.4 Å². The molecule has 180 valence electrons. The van der Waals surface area contributed by atoms with Gasteiger partial charge in [0.25, 0.3) is 0 Å². The van der Waals surface area contributed by atoms with Gasteiger partial charge < -0.3 is 14.5 Å². The maximum absolute atomic E-state index is 14.2. The number of rotatable bonds is 9. The normalized spacial score (nSPS) is 17.3. The Morgan fingerprint density at radius 1 is 0.829 bits per heavy atom. The molecule has 0 N–H and O–H groups in total. The van der Waals surface area contributed by atoms with Gasteiger partial charge in [0, 0.05) is 26.2 Å². The predicted molar refractivity (Wildman–Crippen MR) is 133 cm³/mol. The van der Waals surface area contributed by atoms with Crippen LogP contribution in [-0.4, -0.2) is 40.7 Å². The number of carbonyl (C=O) groups excluding carboxylic acids is 3. The molecule has 1 fully saturated rings. The number of carbonyl (C=O) groups is 3. The predicted octanol–water partition coefficient (Wildman–Crippen LogP) is 4.20. The van der Waals surface area contributed by atoms with Gasteiger partial charge in [-0.1, -0.05) is 91.0 Å². The number of benzene rings is 3. The van der Waals surface area contributed by atoms with E-state index in [1.54, 1.807) is 16.7 Å². The minimum Gasteiger partial charge on any atom is -0.465 e. The summed E-state index contributed by atoms with van der Waals surface area (Å²) < 4.78 is 5.38. The van der Waals surface area contributed by atoms with Crippen LogP contribution in [0.25, 0.3) is 0 Å². The summed E-state index contributed by atoms with van der Waals surface area (Å²) in [5, 5.41) is 0. The van der Waals surface area contributed by atoms with E-state index >= 15 is 0 Å². The van der Waals surface area contributed by atoms with Gasteiger partial charge in [0.1, 0.15) is 0 Å². The van der Waals surface area contributed by atoms with Gasteiger partial charge in [-0.05, 0) is 23.6 Å². The van der Waals surface area contributed by atoms with Crippen LogP contribution in [0.2, 0.25) is 0 Å². The monoisotopic (exact) mass is 470 g/mol. The Kier molecular flexibility index (Phi) is 7.60. The van der Waals surface area contributed by atoms with Crippen molar-refractivity contribution in [3.63, 3.8) is 0 Å². The summed E-state index contributed by atoms with van der Waals surface area (Å²) in [5.74, 6) is -1.25. The Bertz CT molecular complexity index is 1110. The Labute approximate surface area is 206 Å². The minimum absolute atomic E-state index is 0.00151. The van der Waals surface area contributed by atoms with Crippen LogP contribution in [0.4, 0.5) is 0 Å². The van der Waals surface area contributed by atoms with Crippen LogP contribution in [-0.2, 0) is 38.8 Å². The summed E-state index contributed by atoms with van der Waals surface area (Å²) in [5.41, 5.74) is 1.26. The standard InChI is InChI=1S/C29H30N2O4/c1-2-35-28(34)29(18-26(32)31(22-29)21-25-16-10-5-11-17-25)27(33)30(19-23-12-6-3-7-13-23)20-24-14-8-4-9-15-24/h3-17H,2,18-22H2,1H3. The molecule has 0 aliphatic carbocycles. The van der Waals surface area contributed by atoms with Crippen LogP contribution in [0.1, 0.15) is 30.0 Å². The molecule has 2 amide bonds. The Morgan fingerprint density at radius 2 is 1.31 bits per heavy atom. The molecule has 0 bridgehead atoms. The number of nitrogens with zero attached hydrogens (tertiary/aromatic N) is 2. The molecule has 35 heavy (non-hydrogen) atoms. The van der Waals surface area contributed by atoms with E-state index in [4.69, 9.17) is 4.74 Å². The summed E-state index contributed by atoms with van der Waals surface area (Å²) in [7, 11) is 0. The van der Waals surface area contributed by atoms with Crippen molar-refractivity contribution in [2.45, 2.75) is 33.0 Å². The first-order valence-electron chi connectivity index (χ1n) is 11.9. The second kappa shape index (κ2) is 11.0. The molecule has 0 aromatic heterocycles. The summed E-state index contributed by atoms with van der Waals surface area (Å²) in [6.07, 6.45) is -0.197. The van der Waals surface area contributed by atoms with Crippen LogP contribution in [0.3, 0.4) is 0 Å². The fourth-order valence-corrected chi connectivity index (χ4v) is 4.53. The van der Waals surface area contributed by atoms with E-state index in [1.807, 2.05) is 91.0 Å². The highest BCUT2D eigenvalue weighted by molar-refractivity contribution is 6.08. The fourth-order valence-electron chi connectivity index (χ4n) is 4.53. The average molecular weight is 471 g/mol. The van der Waals surface area contributed by atoms with Gasteiger partial charge in [-0.25, -0.2) is 0 Å². The van der Waals surface area contributed by atoms with Gasteiger partial charge in [0.15, 0.2) is 5.41 Å². The molecule has 1 heterocycles. The van der Waals surface area contributed by atoms with Crippen molar-refractivity contribution >= 4 is 17.8 Å². The molecule has 1 aliphatic rings. The molecule has 0 spiro atoms. The van der Waals surface area contributed by atoms with Crippen LogP contribution >= 0.6 is 0 Å². The molecule has 1 unspecified atom stereocenters. The van der Waals surface area contributed by atoms with Crippen LogP contribution in [0.5, 0.6) is 0 Å². The lowest BCUT2D eigenvalue weighted by Gasteiger charge is -2.32. The first-order chi connectivity index (χ1) is 17.0. The maximum atomic E-state index is 14.2. The zero-order chi connectivity index (χ0) is 24.7. The van der Waals surface area contributed by atoms with Crippen molar-refractivity contribution in [1.82, 2.24) is 9.80 Å². The maximum Gasteiger partial charge on any atom is 0.324 e. The first kappa shape index (κ1) is 24.2. The van der Waals surface area contributed by atoms with Gasteiger partial charge in [-0.3, -0.25) is 14.4 Å². The lowest BCUT2D eigenvalue weighted by molar-refractivity contribution is -0.165. The molecular weight excluding hydrogens is 440 g/mol. The van der Waals surface area contributed by atoms with E-state index in [9.17, 15) is 14.4 Å². The lowest BCUT2D eigenvalue weighted by Crippen LogP contribution is -2.50. The molecule has 6 nitrogen and oxygen atoms in total. The third kappa shape index (κ3) is 5.60. The number of hydrogen-bond donors (Lipinski definition) is 0. The van der Waals surface area contributed by atoms with Gasteiger partial charge in [-0.2, -0.15) is 0 Å². The zero-order valence-electron chi connectivity index (χ0n) is 19.9. The highest BCUT2D eigenvalue weighted by Gasteiger charge is 2.57. The molecule has 1 atom stereocenters. The smallest absolute Gasteiger partial charge is 0.324 e. The molecule has 1 aliphatic heterocycles. The van der Waals surface area contributed by atoms with Gasteiger partial charge >= 0.3 is 5.97 Å². The minimum atomic E-state index is -1.58. The number of esters is 1. The molecule has 3 aromatic carbocycles. The van der Waals surface area contributed by atoms with E-state index in [1.165, 1.54) is 0 Å². The summed E-state index contributed by atoms with van der Waals surface area (Å²) >= 11 is 0. The molecule has 0 radical (unpaired) electrons. The highest BCUT2D eigenvalue weighted by atomic mass is 16.5. The Morgan fingerprint density at radius 3 is 1.80 bits per heavy atom. The number of ether oxygens (including phenoxy) is 1. The van der Waals surface area contributed by atoms with E-state index in [2.05, 4.69) is 0 Å². The van der Waals surface area contributed by atoms with Crippen LogP contribution in [0, 0.1) is 5.41 Å². The summed E-state index contributed by atoms with van der Waals surface area (Å²) in [6.45, 7) is 2.83. The topological polar surface area (TPSA) is 66.9 Å². The Balaban J connectivity index is 1.66. The Hall–Kier alpha value is -3.93. The average Bonchev–Trinajstić information content (AvgIpc) is 3.22. The third-order valence-corrected chi connectivity index (χ3v) is 6.28. The molecular formula is C29H30N2O4. The third-order valence-electron chi connectivity index (χ3n) is 6.28. The molecule has 0 saturated carbocycles. The van der Waals surface area contributed by atoms with E-state index in [-0.39, 0.29) is 31.4 Å². The lowest BCUT2D eigenvalue weighted by atomic mass is 9.84. The quantitative estimate of drug-likeness (QED) is 0.347. The van der Waals surface area contributed by atoms with Crippen LogP contribution in [0.15, 0.2) is 91.0 Å². The largest absolute Gasteiger partial charge is 0.465 e. The van der Waals surface area contributed by atoms with Gasteiger partial charge in [0.2, 0.25) is 11.8 Å². The van der Waals surface area contributed by atoms with Crippen molar-refractivity contribution in [2.24, 2.45) is 5.41 Å².